The van der Waals surface area contributed by atoms with Gasteiger partial charge in [-0.1, -0.05) is 30.3 Å². The molecule has 1 aromatic carbocycles. The number of rotatable bonds is 2. The molecular weight excluding hydrogens is 261 g/mol. The molecule has 0 spiro atoms. The molecule has 0 saturated carbocycles. The molecule has 1 aliphatic heterocycles. The van der Waals surface area contributed by atoms with Crippen LogP contribution in [-0.2, 0) is 16.4 Å². The highest BCUT2D eigenvalue weighted by Gasteiger charge is 2.49. The van der Waals surface area contributed by atoms with Gasteiger partial charge in [-0.2, -0.15) is 0 Å². The van der Waals surface area contributed by atoms with Crippen LogP contribution in [0.3, 0.4) is 0 Å². The van der Waals surface area contributed by atoms with E-state index in [9.17, 15) is 0 Å². The van der Waals surface area contributed by atoms with Crippen molar-refractivity contribution in [1.29, 1.82) is 0 Å². The van der Waals surface area contributed by atoms with Crippen LogP contribution in [0.5, 0.6) is 0 Å². The fourth-order valence-electron chi connectivity index (χ4n) is 2.66. The molecule has 1 aliphatic rings. The Kier molecular flexibility index (Phi) is 3.26. The number of hydrogen-bond donors (Lipinski definition) is 0. The Morgan fingerprint density at radius 2 is 1.67 bits per heavy atom. The molecule has 21 heavy (non-hydrogen) atoms. The summed E-state index contributed by atoms with van der Waals surface area (Å²) in [7, 11) is 1.77. The van der Waals surface area contributed by atoms with Crippen molar-refractivity contribution in [2.45, 2.75) is 38.9 Å². The van der Waals surface area contributed by atoms with E-state index in [-0.39, 0.29) is 18.3 Å². The molecule has 0 amide bonds. The lowest BCUT2D eigenvalue weighted by Gasteiger charge is -2.32. The second kappa shape index (κ2) is 4.75. The van der Waals surface area contributed by atoms with Crippen LogP contribution in [0.2, 0.25) is 0 Å². The van der Waals surface area contributed by atoms with Crippen molar-refractivity contribution in [1.82, 2.24) is 4.57 Å². The molecule has 0 atom stereocenters. The molecule has 0 radical (unpaired) electrons. The monoisotopic (exact) mass is 283 g/mol. The average molecular weight is 283 g/mol. The van der Waals surface area contributed by atoms with Crippen molar-refractivity contribution in [3.63, 3.8) is 0 Å². The van der Waals surface area contributed by atoms with Gasteiger partial charge in [0.05, 0.1) is 11.2 Å². The SMILES string of the molecule is Cn1cc(/C=C/B2OC(C)(C)C(C)(C)O2)c2ccccc21. The number of benzene rings is 1. The van der Waals surface area contributed by atoms with Gasteiger partial charge in [0.2, 0.25) is 0 Å². The first-order valence-electron chi connectivity index (χ1n) is 7.38. The molecule has 0 unspecified atom stereocenters. The van der Waals surface area contributed by atoms with E-state index in [2.05, 4.69) is 75.8 Å². The van der Waals surface area contributed by atoms with Gasteiger partial charge in [-0.25, -0.2) is 0 Å². The third-order valence-electron chi connectivity index (χ3n) is 4.63. The van der Waals surface area contributed by atoms with Crippen LogP contribution in [0.4, 0.5) is 0 Å². The fourth-order valence-corrected chi connectivity index (χ4v) is 2.66. The van der Waals surface area contributed by atoms with Crippen LogP contribution < -0.4 is 0 Å². The van der Waals surface area contributed by atoms with E-state index in [0.717, 1.165) is 0 Å². The Bertz CT molecular complexity index is 684. The second-order valence-electron chi connectivity index (χ2n) is 6.70. The molecule has 1 fully saturated rings. The van der Waals surface area contributed by atoms with Crippen LogP contribution in [0.15, 0.2) is 36.4 Å². The Morgan fingerprint density at radius 1 is 1.05 bits per heavy atom. The van der Waals surface area contributed by atoms with E-state index in [0.29, 0.717) is 0 Å². The zero-order valence-electron chi connectivity index (χ0n) is 13.4. The van der Waals surface area contributed by atoms with Gasteiger partial charge >= 0.3 is 7.12 Å². The average Bonchev–Trinajstić information content (AvgIpc) is 2.82. The number of nitrogens with zero attached hydrogens (tertiary/aromatic N) is 1. The number of hydrogen-bond acceptors (Lipinski definition) is 2. The smallest absolute Gasteiger partial charge is 0.400 e. The molecular formula is C17H22BNO2. The minimum Gasteiger partial charge on any atom is -0.400 e. The Labute approximate surface area is 126 Å². The number of aryl methyl sites for hydroxylation is 1. The Hall–Kier alpha value is -1.52. The van der Waals surface area contributed by atoms with Crippen molar-refractivity contribution < 1.29 is 9.31 Å². The summed E-state index contributed by atoms with van der Waals surface area (Å²) in [5.41, 5.74) is 1.83. The molecule has 4 heteroatoms. The van der Waals surface area contributed by atoms with Crippen molar-refractivity contribution in [2.75, 3.05) is 0 Å². The molecule has 2 heterocycles. The van der Waals surface area contributed by atoms with Crippen LogP contribution in [0.25, 0.3) is 17.0 Å². The summed E-state index contributed by atoms with van der Waals surface area (Å²) >= 11 is 0. The summed E-state index contributed by atoms with van der Waals surface area (Å²) in [5.74, 6) is 2.00. The summed E-state index contributed by atoms with van der Waals surface area (Å²) in [6.45, 7) is 8.27. The van der Waals surface area contributed by atoms with Gasteiger partial charge in [0.25, 0.3) is 0 Å². The van der Waals surface area contributed by atoms with Gasteiger partial charge in [0, 0.05) is 24.1 Å². The summed E-state index contributed by atoms with van der Waals surface area (Å²) in [5, 5.41) is 1.24. The van der Waals surface area contributed by atoms with Gasteiger partial charge in [0.1, 0.15) is 0 Å². The highest BCUT2D eigenvalue weighted by Crippen LogP contribution is 2.37. The molecule has 1 saturated heterocycles. The lowest BCUT2D eigenvalue weighted by atomic mass is 9.89. The van der Waals surface area contributed by atoms with Crippen LogP contribution in [0.1, 0.15) is 33.3 Å². The quantitative estimate of drug-likeness (QED) is 0.782. The third-order valence-corrected chi connectivity index (χ3v) is 4.63. The van der Waals surface area contributed by atoms with E-state index in [1.807, 2.05) is 5.98 Å². The van der Waals surface area contributed by atoms with Crippen LogP contribution in [0, 0.1) is 0 Å². The lowest BCUT2D eigenvalue weighted by molar-refractivity contribution is 0.00578. The fraction of sp³-hybridized carbons (Fsp3) is 0.412. The van der Waals surface area contributed by atoms with Crippen molar-refractivity contribution in [3.05, 3.63) is 42.0 Å². The van der Waals surface area contributed by atoms with Crippen molar-refractivity contribution in [2.24, 2.45) is 7.05 Å². The van der Waals surface area contributed by atoms with Gasteiger partial charge in [-0.3, -0.25) is 0 Å². The summed E-state index contributed by atoms with van der Waals surface area (Å²) in [4.78, 5) is 0. The largest absolute Gasteiger partial charge is 0.487 e. The van der Waals surface area contributed by atoms with Gasteiger partial charge in [-0.15, -0.1) is 0 Å². The second-order valence-corrected chi connectivity index (χ2v) is 6.70. The highest BCUT2D eigenvalue weighted by molar-refractivity contribution is 6.52. The first kappa shape index (κ1) is 14.4. The minimum absolute atomic E-state index is 0.291. The predicted octanol–water partition coefficient (Wildman–Crippen LogP) is 3.82. The van der Waals surface area contributed by atoms with Crippen LogP contribution >= 0.6 is 0 Å². The lowest BCUT2D eigenvalue weighted by Crippen LogP contribution is -2.41. The van der Waals surface area contributed by atoms with Gasteiger partial charge < -0.3 is 13.9 Å². The van der Waals surface area contributed by atoms with E-state index in [4.69, 9.17) is 9.31 Å². The maximum Gasteiger partial charge on any atom is 0.487 e. The molecule has 3 nitrogen and oxygen atoms in total. The molecule has 3 rings (SSSR count). The highest BCUT2D eigenvalue weighted by atomic mass is 16.7. The topological polar surface area (TPSA) is 23.4 Å². The number of fused-ring (bicyclic) bond motifs is 1. The normalized spacial score (nSPS) is 20.7. The van der Waals surface area contributed by atoms with E-state index in [1.165, 1.54) is 16.5 Å². The Morgan fingerprint density at radius 3 is 2.33 bits per heavy atom. The number of para-hydroxylation sites is 1. The van der Waals surface area contributed by atoms with Crippen molar-refractivity contribution >= 4 is 24.1 Å². The predicted molar refractivity (Wildman–Crippen MR) is 88.0 cm³/mol. The standard InChI is InChI=1S/C17H22BNO2/c1-16(2)17(3,4)21-18(20-16)11-10-13-12-19(5)15-9-7-6-8-14(13)15/h6-12H,1-5H3/b11-10+. The van der Waals surface area contributed by atoms with E-state index in [1.54, 1.807) is 0 Å². The summed E-state index contributed by atoms with van der Waals surface area (Å²) in [6, 6.07) is 8.39. The number of aromatic nitrogens is 1. The minimum atomic E-state index is -0.297. The molecule has 0 N–H and O–H groups in total. The summed E-state index contributed by atoms with van der Waals surface area (Å²) in [6.07, 6.45) is 4.22. The van der Waals surface area contributed by atoms with Crippen molar-refractivity contribution in [3.8, 4) is 0 Å². The first-order valence-corrected chi connectivity index (χ1v) is 7.38. The first-order chi connectivity index (χ1) is 9.80. The molecule has 1 aromatic heterocycles. The molecule has 0 bridgehead atoms. The molecule has 0 aliphatic carbocycles. The Balaban J connectivity index is 1.87. The van der Waals surface area contributed by atoms with Crippen LogP contribution in [-0.4, -0.2) is 22.9 Å². The third kappa shape index (κ3) is 2.43. The zero-order chi connectivity index (χ0) is 15.3. The van der Waals surface area contributed by atoms with E-state index >= 15 is 0 Å². The van der Waals surface area contributed by atoms with Gasteiger partial charge in [-0.05, 0) is 39.3 Å². The zero-order valence-corrected chi connectivity index (χ0v) is 13.4. The van der Waals surface area contributed by atoms with E-state index < -0.39 is 0 Å². The molecule has 110 valence electrons. The maximum atomic E-state index is 5.99. The maximum absolute atomic E-state index is 5.99. The molecule has 2 aromatic rings. The van der Waals surface area contributed by atoms with Gasteiger partial charge in [0.15, 0.2) is 0 Å². The summed E-state index contributed by atoms with van der Waals surface area (Å²) < 4.78 is 14.1.